The van der Waals surface area contributed by atoms with Crippen LogP contribution in [0.3, 0.4) is 0 Å². The molecule has 0 fully saturated rings. The van der Waals surface area contributed by atoms with E-state index >= 15 is 0 Å². The second-order valence-electron chi connectivity index (χ2n) is 6.60. The van der Waals surface area contributed by atoms with Crippen molar-refractivity contribution < 1.29 is 13.2 Å². The van der Waals surface area contributed by atoms with E-state index in [9.17, 15) is 13.2 Å². The van der Waals surface area contributed by atoms with Crippen LogP contribution in [0.5, 0.6) is 0 Å². The number of nitrogens with one attached hydrogen (secondary N) is 1. The molecule has 0 aliphatic rings. The SMILES string of the molecule is Cc1cccc(N(CC(=O)NCCN(C)c2ccccc2)S(C)(=O)=O)c1C. The monoisotopic (exact) mass is 389 g/mol. The number of amides is 1. The zero-order chi connectivity index (χ0) is 20.0. The first-order chi connectivity index (χ1) is 12.7. The lowest BCUT2D eigenvalue weighted by Crippen LogP contribution is -2.42. The predicted molar refractivity (Wildman–Crippen MR) is 111 cm³/mol. The third-order valence-electron chi connectivity index (χ3n) is 4.50. The van der Waals surface area contributed by atoms with Crippen LogP contribution in [0.15, 0.2) is 48.5 Å². The van der Waals surface area contributed by atoms with Crippen LogP contribution in [0, 0.1) is 13.8 Å². The summed E-state index contributed by atoms with van der Waals surface area (Å²) in [6.07, 6.45) is 1.12. The number of sulfonamides is 1. The van der Waals surface area contributed by atoms with Crippen LogP contribution >= 0.6 is 0 Å². The molecule has 2 rings (SSSR count). The summed E-state index contributed by atoms with van der Waals surface area (Å²) in [6.45, 7) is 4.58. The molecule has 0 spiro atoms. The van der Waals surface area contributed by atoms with Crippen molar-refractivity contribution in [1.82, 2.24) is 5.32 Å². The van der Waals surface area contributed by atoms with E-state index in [1.165, 1.54) is 0 Å². The minimum Gasteiger partial charge on any atom is -0.373 e. The van der Waals surface area contributed by atoms with Gasteiger partial charge in [0.2, 0.25) is 15.9 Å². The zero-order valence-electron chi connectivity index (χ0n) is 16.3. The topological polar surface area (TPSA) is 69.7 Å². The minimum atomic E-state index is -3.57. The molecule has 0 heterocycles. The van der Waals surface area contributed by atoms with Gasteiger partial charge in [0.25, 0.3) is 0 Å². The van der Waals surface area contributed by atoms with Crippen molar-refractivity contribution in [3.8, 4) is 0 Å². The van der Waals surface area contributed by atoms with Gasteiger partial charge in [-0.25, -0.2) is 8.42 Å². The Morgan fingerprint density at radius 2 is 1.70 bits per heavy atom. The Bertz CT molecular complexity index is 883. The van der Waals surface area contributed by atoms with Crippen molar-refractivity contribution in [2.24, 2.45) is 0 Å². The number of hydrogen-bond acceptors (Lipinski definition) is 4. The number of likely N-dealkylation sites (N-methyl/N-ethyl adjacent to an activating group) is 1. The zero-order valence-corrected chi connectivity index (χ0v) is 17.1. The molecule has 0 bridgehead atoms. The van der Waals surface area contributed by atoms with Gasteiger partial charge in [0, 0.05) is 25.8 Å². The van der Waals surface area contributed by atoms with Gasteiger partial charge < -0.3 is 10.2 Å². The summed E-state index contributed by atoms with van der Waals surface area (Å²) in [7, 11) is -1.63. The second-order valence-corrected chi connectivity index (χ2v) is 8.50. The Morgan fingerprint density at radius 3 is 2.33 bits per heavy atom. The van der Waals surface area contributed by atoms with Gasteiger partial charge in [-0.2, -0.15) is 0 Å². The summed E-state index contributed by atoms with van der Waals surface area (Å²) in [5.41, 5.74) is 3.42. The average molecular weight is 390 g/mol. The summed E-state index contributed by atoms with van der Waals surface area (Å²) >= 11 is 0. The van der Waals surface area contributed by atoms with E-state index in [0.717, 1.165) is 27.4 Å². The maximum absolute atomic E-state index is 12.4. The summed E-state index contributed by atoms with van der Waals surface area (Å²) in [6, 6.07) is 15.3. The fourth-order valence-corrected chi connectivity index (χ4v) is 3.65. The first-order valence-electron chi connectivity index (χ1n) is 8.77. The lowest BCUT2D eigenvalue weighted by Gasteiger charge is -2.25. The van der Waals surface area contributed by atoms with Crippen LogP contribution in [-0.4, -0.2) is 47.3 Å². The quantitative estimate of drug-likeness (QED) is 0.752. The van der Waals surface area contributed by atoms with Crippen LogP contribution in [-0.2, 0) is 14.8 Å². The van der Waals surface area contributed by atoms with Gasteiger partial charge in [0.15, 0.2) is 0 Å². The fraction of sp³-hybridized carbons (Fsp3) is 0.350. The number of carbonyl (C=O) groups excluding carboxylic acids is 1. The Balaban J connectivity index is 2.00. The van der Waals surface area contributed by atoms with Crippen LogP contribution < -0.4 is 14.5 Å². The molecular formula is C20H27N3O3S. The largest absolute Gasteiger partial charge is 0.373 e. The van der Waals surface area contributed by atoms with Crippen molar-refractivity contribution in [2.45, 2.75) is 13.8 Å². The summed E-state index contributed by atoms with van der Waals surface area (Å²) in [5, 5.41) is 2.80. The first kappa shape index (κ1) is 20.8. The third kappa shape index (κ3) is 5.72. The van der Waals surface area contributed by atoms with Crippen LogP contribution in [0.4, 0.5) is 11.4 Å². The third-order valence-corrected chi connectivity index (χ3v) is 5.63. The van der Waals surface area contributed by atoms with Crippen molar-refractivity contribution in [3.05, 3.63) is 59.7 Å². The second kappa shape index (κ2) is 8.90. The van der Waals surface area contributed by atoms with Crippen LogP contribution in [0.25, 0.3) is 0 Å². The molecule has 0 radical (unpaired) electrons. The number of hydrogen-bond donors (Lipinski definition) is 1. The smallest absolute Gasteiger partial charge is 0.240 e. The molecule has 0 aliphatic carbocycles. The average Bonchev–Trinajstić information content (AvgIpc) is 2.62. The molecule has 146 valence electrons. The molecule has 0 saturated heterocycles. The Morgan fingerprint density at radius 1 is 1.04 bits per heavy atom. The lowest BCUT2D eigenvalue weighted by atomic mass is 10.1. The van der Waals surface area contributed by atoms with Gasteiger partial charge in [-0.3, -0.25) is 9.10 Å². The molecule has 6 nitrogen and oxygen atoms in total. The van der Waals surface area contributed by atoms with Crippen molar-refractivity contribution in [2.75, 3.05) is 42.1 Å². The summed E-state index contributed by atoms with van der Waals surface area (Å²) in [5.74, 6) is -0.331. The highest BCUT2D eigenvalue weighted by molar-refractivity contribution is 7.92. The Hall–Kier alpha value is -2.54. The van der Waals surface area contributed by atoms with Crippen molar-refractivity contribution in [3.63, 3.8) is 0 Å². The molecule has 0 unspecified atom stereocenters. The molecule has 0 aromatic heterocycles. The highest BCUT2D eigenvalue weighted by atomic mass is 32.2. The number of rotatable bonds is 8. The number of benzene rings is 2. The molecule has 0 aliphatic heterocycles. The van der Waals surface area contributed by atoms with Crippen LogP contribution in [0.2, 0.25) is 0 Å². The first-order valence-corrected chi connectivity index (χ1v) is 10.6. The van der Waals surface area contributed by atoms with E-state index in [1.54, 1.807) is 12.1 Å². The summed E-state index contributed by atoms with van der Waals surface area (Å²) in [4.78, 5) is 14.4. The molecule has 1 amide bonds. The maximum Gasteiger partial charge on any atom is 0.240 e. The molecule has 1 N–H and O–H groups in total. The summed E-state index contributed by atoms with van der Waals surface area (Å²) < 4.78 is 25.6. The van der Waals surface area contributed by atoms with Gasteiger partial charge in [-0.15, -0.1) is 0 Å². The number of anilines is 2. The van der Waals surface area contributed by atoms with Gasteiger partial charge >= 0.3 is 0 Å². The van der Waals surface area contributed by atoms with E-state index < -0.39 is 10.0 Å². The van der Waals surface area contributed by atoms with Gasteiger partial charge in [-0.05, 0) is 43.2 Å². The molecule has 27 heavy (non-hydrogen) atoms. The van der Waals surface area contributed by atoms with E-state index in [0.29, 0.717) is 18.8 Å². The van der Waals surface area contributed by atoms with Gasteiger partial charge in [0.1, 0.15) is 6.54 Å². The fourth-order valence-electron chi connectivity index (χ4n) is 2.75. The van der Waals surface area contributed by atoms with Gasteiger partial charge in [-0.1, -0.05) is 30.3 Å². The highest BCUT2D eigenvalue weighted by Gasteiger charge is 2.22. The van der Waals surface area contributed by atoms with Crippen molar-refractivity contribution >= 4 is 27.3 Å². The van der Waals surface area contributed by atoms with E-state index in [2.05, 4.69) is 5.32 Å². The Labute approximate surface area is 161 Å². The standard InChI is InChI=1S/C20H27N3O3S/c1-16-9-8-12-19(17(16)2)23(27(4,25)26)15-20(24)21-13-14-22(3)18-10-6-5-7-11-18/h5-12H,13-15H2,1-4H3,(H,21,24). The number of aryl methyl sites for hydroxylation is 1. The van der Waals surface area contributed by atoms with Crippen molar-refractivity contribution in [1.29, 1.82) is 0 Å². The van der Waals surface area contributed by atoms with E-state index in [4.69, 9.17) is 0 Å². The van der Waals surface area contributed by atoms with Crippen LogP contribution in [0.1, 0.15) is 11.1 Å². The number of para-hydroxylation sites is 1. The molecule has 0 saturated carbocycles. The van der Waals surface area contributed by atoms with Gasteiger partial charge in [0.05, 0.1) is 11.9 Å². The van der Waals surface area contributed by atoms with E-state index in [-0.39, 0.29) is 12.5 Å². The Kier molecular flexibility index (Phi) is 6.85. The molecule has 2 aromatic rings. The maximum atomic E-state index is 12.4. The highest BCUT2D eigenvalue weighted by Crippen LogP contribution is 2.24. The lowest BCUT2D eigenvalue weighted by molar-refractivity contribution is -0.119. The molecule has 2 aromatic carbocycles. The van der Waals surface area contributed by atoms with E-state index in [1.807, 2.05) is 62.2 Å². The molecular weight excluding hydrogens is 362 g/mol. The molecule has 0 atom stereocenters. The predicted octanol–water partition coefficient (Wildman–Crippen LogP) is 2.32. The molecule has 7 heteroatoms. The minimum absolute atomic E-state index is 0.238. The number of carbonyl (C=O) groups is 1. The normalized spacial score (nSPS) is 11.1. The number of nitrogens with zero attached hydrogens (tertiary/aromatic N) is 2.